The normalized spacial score (nSPS) is 17.5. The van der Waals surface area contributed by atoms with Crippen molar-refractivity contribution in [3.63, 3.8) is 0 Å². The molecule has 4 rings (SSSR count). The summed E-state index contributed by atoms with van der Waals surface area (Å²) in [6.07, 6.45) is 4.72. The molecule has 0 radical (unpaired) electrons. The fraction of sp³-hybridized carbons (Fsp3) is 0.409. The minimum atomic E-state index is -3.64. The molecule has 0 atom stereocenters. The van der Waals surface area contributed by atoms with Crippen LogP contribution in [-0.4, -0.2) is 36.6 Å². The maximum atomic E-state index is 13.5. The zero-order chi connectivity index (χ0) is 22.9. The van der Waals surface area contributed by atoms with Gasteiger partial charge in [-0.15, -0.1) is 0 Å². The molecule has 1 fully saturated rings. The molecule has 0 aromatic heterocycles. The number of piperidine rings is 1. The average molecular weight is 462 g/mol. The Balaban J connectivity index is 1.40. The summed E-state index contributed by atoms with van der Waals surface area (Å²) in [5.41, 5.74) is 1.73. The molecule has 1 saturated heterocycles. The lowest BCUT2D eigenvalue weighted by Gasteiger charge is -2.31. The summed E-state index contributed by atoms with van der Waals surface area (Å²) in [5.74, 6) is -1.78. The minimum Gasteiger partial charge on any atom is -0.326 e. The zero-order valence-electron chi connectivity index (χ0n) is 17.4. The third-order valence-corrected chi connectivity index (χ3v) is 8.09. The van der Waals surface area contributed by atoms with Gasteiger partial charge in [0.15, 0.2) is 0 Å². The Morgan fingerprint density at radius 1 is 1.06 bits per heavy atom. The van der Waals surface area contributed by atoms with Gasteiger partial charge in [-0.25, -0.2) is 8.42 Å². The van der Waals surface area contributed by atoms with E-state index in [0.29, 0.717) is 17.7 Å². The van der Waals surface area contributed by atoms with Gasteiger partial charge in [0.05, 0.1) is 9.82 Å². The number of benzene rings is 2. The number of carbonyl (C=O) groups excluding carboxylic acids is 1. The number of hydrogen-bond donors (Lipinski definition) is 1. The summed E-state index contributed by atoms with van der Waals surface area (Å²) in [5, 5.41) is 13.5. The molecule has 1 N–H and O–H groups in total. The number of nitrogens with one attached hydrogen (secondary N) is 1. The molecular weight excluding hydrogens is 437 g/mol. The SMILES string of the molecule is O=C(Nc1ccc(F)c([N+](=O)[O-])c1)C1CCN(S(=O)(=O)c2ccc3c(c2)CCCC3)CC1. The van der Waals surface area contributed by atoms with Crippen LogP contribution < -0.4 is 5.32 Å². The fourth-order valence-corrected chi connectivity index (χ4v) is 5.87. The van der Waals surface area contributed by atoms with Crippen LogP contribution in [0.2, 0.25) is 0 Å². The molecule has 2 aromatic rings. The Morgan fingerprint density at radius 3 is 2.44 bits per heavy atom. The second kappa shape index (κ2) is 8.95. The van der Waals surface area contributed by atoms with Gasteiger partial charge in [-0.1, -0.05) is 6.07 Å². The van der Waals surface area contributed by atoms with E-state index in [-0.39, 0.29) is 24.7 Å². The van der Waals surface area contributed by atoms with Gasteiger partial charge in [-0.2, -0.15) is 8.70 Å². The molecular formula is C22H24FN3O5S. The van der Waals surface area contributed by atoms with Crippen molar-refractivity contribution in [2.24, 2.45) is 5.92 Å². The molecule has 0 unspecified atom stereocenters. The number of carbonyl (C=O) groups is 1. The molecule has 8 nitrogen and oxygen atoms in total. The van der Waals surface area contributed by atoms with Crippen molar-refractivity contribution in [3.05, 3.63) is 63.5 Å². The van der Waals surface area contributed by atoms with Gasteiger partial charge in [0.1, 0.15) is 0 Å². The largest absolute Gasteiger partial charge is 0.326 e. The van der Waals surface area contributed by atoms with Crippen LogP contribution in [-0.2, 0) is 27.7 Å². The van der Waals surface area contributed by atoms with E-state index < -0.39 is 32.4 Å². The third kappa shape index (κ3) is 4.51. The average Bonchev–Trinajstić information content (AvgIpc) is 2.79. The molecule has 170 valence electrons. The van der Waals surface area contributed by atoms with Crippen molar-refractivity contribution in [2.75, 3.05) is 18.4 Å². The highest BCUT2D eigenvalue weighted by Gasteiger charge is 2.32. The molecule has 10 heteroatoms. The maximum absolute atomic E-state index is 13.5. The van der Waals surface area contributed by atoms with Crippen LogP contribution in [0.25, 0.3) is 0 Å². The Labute approximate surface area is 185 Å². The van der Waals surface area contributed by atoms with E-state index in [1.165, 1.54) is 15.9 Å². The molecule has 0 saturated carbocycles. The first-order valence-corrected chi connectivity index (χ1v) is 12.1. The number of amides is 1. The van der Waals surface area contributed by atoms with Crippen LogP contribution in [0.1, 0.15) is 36.8 Å². The minimum absolute atomic E-state index is 0.132. The highest BCUT2D eigenvalue weighted by molar-refractivity contribution is 7.89. The summed E-state index contributed by atoms with van der Waals surface area (Å²) < 4.78 is 41.1. The van der Waals surface area contributed by atoms with Crippen molar-refractivity contribution in [1.82, 2.24) is 4.31 Å². The first kappa shape index (κ1) is 22.3. The van der Waals surface area contributed by atoms with Crippen LogP contribution >= 0.6 is 0 Å². The van der Waals surface area contributed by atoms with Gasteiger partial charge in [-0.3, -0.25) is 14.9 Å². The molecule has 0 bridgehead atoms. The number of rotatable bonds is 5. The van der Waals surface area contributed by atoms with Crippen LogP contribution in [0.5, 0.6) is 0 Å². The number of nitro groups is 1. The molecule has 2 aliphatic rings. The highest BCUT2D eigenvalue weighted by Crippen LogP contribution is 2.29. The van der Waals surface area contributed by atoms with E-state index in [0.717, 1.165) is 43.4 Å². The van der Waals surface area contributed by atoms with Crippen molar-refractivity contribution < 1.29 is 22.5 Å². The number of anilines is 1. The first-order valence-electron chi connectivity index (χ1n) is 10.6. The molecule has 1 aliphatic heterocycles. The van der Waals surface area contributed by atoms with Crippen LogP contribution in [0.4, 0.5) is 15.8 Å². The molecule has 0 spiro atoms. The number of nitrogens with zero attached hydrogens (tertiary/aromatic N) is 2. The number of fused-ring (bicyclic) bond motifs is 1. The van der Waals surface area contributed by atoms with E-state index in [1.807, 2.05) is 6.07 Å². The molecule has 32 heavy (non-hydrogen) atoms. The summed E-state index contributed by atoms with van der Waals surface area (Å²) >= 11 is 0. The number of sulfonamides is 1. The number of halogens is 1. The quantitative estimate of drug-likeness (QED) is 0.540. The Bertz CT molecular complexity index is 1160. The van der Waals surface area contributed by atoms with Crippen LogP contribution in [0, 0.1) is 21.8 Å². The summed E-state index contributed by atoms with van der Waals surface area (Å²) in [7, 11) is -3.64. The zero-order valence-corrected chi connectivity index (χ0v) is 18.2. The molecule has 2 aromatic carbocycles. The van der Waals surface area contributed by atoms with Gasteiger partial charge < -0.3 is 5.32 Å². The van der Waals surface area contributed by atoms with Crippen molar-refractivity contribution >= 4 is 27.3 Å². The van der Waals surface area contributed by atoms with E-state index in [4.69, 9.17) is 0 Å². The second-order valence-electron chi connectivity index (χ2n) is 8.23. The van der Waals surface area contributed by atoms with Crippen molar-refractivity contribution in [2.45, 2.75) is 43.4 Å². The van der Waals surface area contributed by atoms with E-state index in [1.54, 1.807) is 12.1 Å². The molecule has 1 amide bonds. The second-order valence-corrected chi connectivity index (χ2v) is 10.2. The Hall–Kier alpha value is -2.85. The molecule has 1 aliphatic carbocycles. The van der Waals surface area contributed by atoms with Gasteiger partial charge in [0, 0.05) is 30.8 Å². The first-order chi connectivity index (χ1) is 15.3. The number of nitro benzene ring substituents is 1. The van der Waals surface area contributed by atoms with Gasteiger partial charge in [0.25, 0.3) is 0 Å². The lowest BCUT2D eigenvalue weighted by molar-refractivity contribution is -0.387. The Morgan fingerprint density at radius 2 is 1.75 bits per heavy atom. The summed E-state index contributed by atoms with van der Waals surface area (Å²) in [6, 6.07) is 8.52. The number of aryl methyl sites for hydroxylation is 2. The monoisotopic (exact) mass is 461 g/mol. The summed E-state index contributed by atoms with van der Waals surface area (Å²) in [6.45, 7) is 0.419. The van der Waals surface area contributed by atoms with Gasteiger partial charge >= 0.3 is 5.69 Å². The van der Waals surface area contributed by atoms with Crippen molar-refractivity contribution in [1.29, 1.82) is 0 Å². The summed E-state index contributed by atoms with van der Waals surface area (Å²) in [4.78, 5) is 22.9. The van der Waals surface area contributed by atoms with Gasteiger partial charge in [-0.05, 0) is 73.9 Å². The third-order valence-electron chi connectivity index (χ3n) is 6.19. The topological polar surface area (TPSA) is 110 Å². The number of hydrogen-bond acceptors (Lipinski definition) is 5. The van der Waals surface area contributed by atoms with Crippen molar-refractivity contribution in [3.8, 4) is 0 Å². The highest BCUT2D eigenvalue weighted by atomic mass is 32.2. The van der Waals surface area contributed by atoms with E-state index in [9.17, 15) is 27.7 Å². The predicted molar refractivity (Wildman–Crippen MR) is 116 cm³/mol. The fourth-order valence-electron chi connectivity index (χ4n) is 4.35. The maximum Gasteiger partial charge on any atom is 0.306 e. The van der Waals surface area contributed by atoms with Crippen LogP contribution in [0.15, 0.2) is 41.3 Å². The standard InChI is InChI=1S/C22H24FN3O5S/c23-20-8-6-18(14-21(20)26(28)29)24-22(27)16-9-11-25(12-10-16)32(30,31)19-7-5-15-3-1-2-4-17(15)13-19/h5-8,13-14,16H,1-4,9-12H2,(H,24,27). The lowest BCUT2D eigenvalue weighted by atomic mass is 9.92. The van der Waals surface area contributed by atoms with Gasteiger partial charge in [0.2, 0.25) is 21.7 Å². The lowest BCUT2D eigenvalue weighted by Crippen LogP contribution is -2.41. The Kier molecular flexibility index (Phi) is 6.25. The van der Waals surface area contributed by atoms with E-state index >= 15 is 0 Å². The smallest absolute Gasteiger partial charge is 0.306 e. The molecule has 1 heterocycles. The predicted octanol–water partition coefficient (Wildman–Crippen LogP) is 3.65. The van der Waals surface area contributed by atoms with E-state index in [2.05, 4.69) is 5.32 Å². The van der Waals surface area contributed by atoms with Crippen LogP contribution in [0.3, 0.4) is 0 Å².